The predicted octanol–water partition coefficient (Wildman–Crippen LogP) is -3.35. The molecule has 0 heterocycles. The minimum Gasteiger partial charge on any atom is -0.863 e. The average Bonchev–Trinajstić information content (AvgIpc) is 1.61. The second-order valence-electron chi connectivity index (χ2n) is 1.41. The second kappa shape index (κ2) is 10.2. The molecule has 0 bridgehead atoms. The largest absolute Gasteiger partial charge is 1.00 e. The smallest absolute Gasteiger partial charge is 0.863 e. The van der Waals surface area contributed by atoms with Gasteiger partial charge in [-0.3, -0.25) is 0 Å². The molecule has 0 unspecified atom stereocenters. The Hall–Kier alpha value is 1.18. The molecule has 0 fully saturated rings. The van der Waals surface area contributed by atoms with Crippen molar-refractivity contribution in [1.82, 2.24) is 0 Å². The quantitative estimate of drug-likeness (QED) is 0.286. The molecule has 0 spiro atoms. The van der Waals surface area contributed by atoms with Crippen molar-refractivity contribution >= 4 is 9.76 Å². The molecular weight excluding hydrogens is 115 g/mol. The van der Waals surface area contributed by atoms with E-state index in [-0.39, 0.29) is 29.6 Å². The van der Waals surface area contributed by atoms with Gasteiger partial charge in [-0.2, -0.15) is 0 Å². The molecule has 0 aromatic heterocycles. The van der Waals surface area contributed by atoms with E-state index in [1.807, 2.05) is 0 Å². The van der Waals surface area contributed by atoms with Crippen molar-refractivity contribution in [3.8, 4) is 0 Å². The van der Waals surface area contributed by atoms with E-state index in [0.717, 1.165) is 12.5 Å². The molecule has 0 amide bonds. The Morgan fingerprint density at radius 3 is 2.29 bits per heavy atom. The molecule has 0 aliphatic heterocycles. The molecule has 0 radical (unpaired) electrons. The summed E-state index contributed by atoms with van der Waals surface area (Å²) in [6.45, 7) is 2.12. The first-order chi connectivity index (χ1) is 2.91. The Balaban J connectivity index is 0. The van der Waals surface area contributed by atoms with E-state index in [4.69, 9.17) is 0 Å². The van der Waals surface area contributed by atoms with Gasteiger partial charge in [-0.05, 0) is 0 Å². The predicted molar refractivity (Wildman–Crippen MR) is 28.3 cm³/mol. The summed E-state index contributed by atoms with van der Waals surface area (Å²) in [6, 6.07) is 0.997. The molecule has 0 aliphatic rings. The van der Waals surface area contributed by atoms with Crippen molar-refractivity contribution in [2.75, 3.05) is 0 Å². The standard InChI is InChI=1S/C4H11OSi.Na/c1-2-3-4-6-5;/h2-4,6H2,1H3;/q-1;+1. The summed E-state index contributed by atoms with van der Waals surface area (Å²) < 4.78 is 0. The van der Waals surface area contributed by atoms with E-state index < -0.39 is 9.76 Å². The fourth-order valence-corrected chi connectivity index (χ4v) is 1.06. The molecule has 0 aliphatic carbocycles. The van der Waals surface area contributed by atoms with Crippen LogP contribution >= 0.6 is 0 Å². The summed E-state index contributed by atoms with van der Waals surface area (Å²) in [6.07, 6.45) is 2.35. The molecule has 0 N–H and O–H groups in total. The fourth-order valence-electron chi connectivity index (χ4n) is 0.352. The first kappa shape index (κ1) is 11.0. The zero-order valence-electron chi connectivity index (χ0n) is 5.24. The van der Waals surface area contributed by atoms with Gasteiger partial charge < -0.3 is 4.80 Å². The number of hydrogen-bond acceptors (Lipinski definition) is 1. The van der Waals surface area contributed by atoms with Crippen molar-refractivity contribution in [3.05, 3.63) is 0 Å². The number of hydrogen-bond donors (Lipinski definition) is 0. The topological polar surface area (TPSA) is 23.1 Å². The summed E-state index contributed by atoms with van der Waals surface area (Å²) >= 11 is 0. The van der Waals surface area contributed by atoms with E-state index in [9.17, 15) is 4.80 Å². The normalized spacial score (nSPS) is 9.43. The van der Waals surface area contributed by atoms with Crippen LogP contribution in [0.2, 0.25) is 6.04 Å². The van der Waals surface area contributed by atoms with Gasteiger partial charge in [-0.15, -0.1) is 0 Å². The SMILES string of the molecule is CCCC[SiH2][O-].[Na+]. The van der Waals surface area contributed by atoms with Crippen molar-refractivity contribution in [3.63, 3.8) is 0 Å². The van der Waals surface area contributed by atoms with Gasteiger partial charge in [0, 0.05) is 0 Å². The summed E-state index contributed by atoms with van der Waals surface area (Å²) in [4.78, 5) is 9.83. The van der Waals surface area contributed by atoms with E-state index in [1.54, 1.807) is 0 Å². The first-order valence-electron chi connectivity index (χ1n) is 2.50. The van der Waals surface area contributed by atoms with Crippen LogP contribution < -0.4 is 34.4 Å². The average molecular weight is 126 g/mol. The molecule has 7 heavy (non-hydrogen) atoms. The molecule has 0 aromatic carbocycles. The van der Waals surface area contributed by atoms with Crippen LogP contribution in [0, 0.1) is 0 Å². The number of unbranched alkanes of at least 4 members (excludes halogenated alkanes) is 1. The molecule has 0 atom stereocenters. The van der Waals surface area contributed by atoms with Crippen LogP contribution in [0.5, 0.6) is 0 Å². The van der Waals surface area contributed by atoms with Crippen LogP contribution in [0.1, 0.15) is 19.8 Å². The van der Waals surface area contributed by atoms with Crippen molar-refractivity contribution in [2.24, 2.45) is 0 Å². The maximum absolute atomic E-state index is 9.83. The first-order valence-corrected chi connectivity index (χ1v) is 4.07. The van der Waals surface area contributed by atoms with Gasteiger partial charge in [0.25, 0.3) is 0 Å². The van der Waals surface area contributed by atoms with E-state index >= 15 is 0 Å². The Labute approximate surface area is 69.7 Å². The third kappa shape index (κ3) is 11.0. The zero-order valence-corrected chi connectivity index (χ0v) is 8.65. The fraction of sp³-hybridized carbons (Fsp3) is 1.00. The van der Waals surface area contributed by atoms with Crippen LogP contribution in [0.25, 0.3) is 0 Å². The van der Waals surface area contributed by atoms with Crippen LogP contribution in [-0.2, 0) is 0 Å². The van der Waals surface area contributed by atoms with Crippen molar-refractivity contribution in [1.29, 1.82) is 0 Å². The van der Waals surface area contributed by atoms with E-state index in [0.29, 0.717) is 0 Å². The summed E-state index contributed by atoms with van der Waals surface area (Å²) in [7, 11) is -0.847. The Morgan fingerprint density at radius 2 is 2.14 bits per heavy atom. The Morgan fingerprint density at radius 1 is 1.57 bits per heavy atom. The van der Waals surface area contributed by atoms with Gasteiger partial charge in [-0.1, -0.05) is 35.6 Å². The maximum atomic E-state index is 9.83. The molecule has 1 nitrogen and oxygen atoms in total. The minimum absolute atomic E-state index is 0. The minimum atomic E-state index is -0.847. The van der Waals surface area contributed by atoms with Gasteiger partial charge in [-0.25, -0.2) is 0 Å². The van der Waals surface area contributed by atoms with Crippen LogP contribution in [-0.4, -0.2) is 9.76 Å². The molecule has 0 saturated carbocycles. The number of rotatable bonds is 3. The van der Waals surface area contributed by atoms with Gasteiger partial charge in [0.1, 0.15) is 0 Å². The maximum Gasteiger partial charge on any atom is 1.00 e. The second-order valence-corrected chi connectivity index (χ2v) is 2.53. The van der Waals surface area contributed by atoms with Gasteiger partial charge >= 0.3 is 29.6 Å². The zero-order chi connectivity index (χ0) is 4.83. The summed E-state index contributed by atoms with van der Waals surface area (Å²) in [5.41, 5.74) is 0. The van der Waals surface area contributed by atoms with Crippen LogP contribution in [0.3, 0.4) is 0 Å². The van der Waals surface area contributed by atoms with Gasteiger partial charge in [0.15, 0.2) is 0 Å². The van der Waals surface area contributed by atoms with E-state index in [2.05, 4.69) is 6.92 Å². The molecule has 3 heteroatoms. The molecule has 0 rings (SSSR count). The van der Waals surface area contributed by atoms with Crippen LogP contribution in [0.15, 0.2) is 0 Å². The summed E-state index contributed by atoms with van der Waals surface area (Å²) in [5.74, 6) is 0. The summed E-state index contributed by atoms with van der Waals surface area (Å²) in [5, 5.41) is 0. The van der Waals surface area contributed by atoms with Gasteiger partial charge in [0.05, 0.1) is 0 Å². The third-order valence-electron chi connectivity index (χ3n) is 0.748. The molecule has 38 valence electrons. The van der Waals surface area contributed by atoms with Crippen LogP contribution in [0.4, 0.5) is 0 Å². The Bertz CT molecular complexity index is 23.7. The molecular formula is C4H11NaOSi. The molecule has 0 saturated heterocycles. The third-order valence-corrected chi connectivity index (χ3v) is 1.54. The van der Waals surface area contributed by atoms with Gasteiger partial charge in [0.2, 0.25) is 0 Å². The monoisotopic (exact) mass is 126 g/mol. The van der Waals surface area contributed by atoms with Crippen molar-refractivity contribution in [2.45, 2.75) is 25.8 Å². The van der Waals surface area contributed by atoms with Crippen molar-refractivity contribution < 1.29 is 34.4 Å². The molecule has 0 aromatic rings. The van der Waals surface area contributed by atoms with E-state index in [1.165, 1.54) is 6.42 Å². The Kier molecular flexibility index (Phi) is 16.1.